The van der Waals surface area contributed by atoms with E-state index in [-0.39, 0.29) is 0 Å². The Bertz CT molecular complexity index is 211. The molecule has 1 nitrogen and oxygen atoms in total. The van der Waals surface area contributed by atoms with Crippen LogP contribution in [0.25, 0.3) is 0 Å². The molecule has 1 aliphatic carbocycles. The summed E-state index contributed by atoms with van der Waals surface area (Å²) >= 11 is 0. The number of allylic oxidation sites excluding steroid dienone is 3. The van der Waals surface area contributed by atoms with E-state index in [1.807, 2.05) is 6.92 Å². The highest BCUT2D eigenvalue weighted by atomic mass is 16.1. The fourth-order valence-electron chi connectivity index (χ4n) is 1.55. The summed E-state index contributed by atoms with van der Waals surface area (Å²) in [5.41, 5.74) is 3.24. The summed E-state index contributed by atoms with van der Waals surface area (Å²) < 4.78 is 0. The van der Waals surface area contributed by atoms with Gasteiger partial charge < -0.3 is 0 Å². The van der Waals surface area contributed by atoms with E-state index in [4.69, 9.17) is 0 Å². The fourth-order valence-corrected chi connectivity index (χ4v) is 1.55. The van der Waals surface area contributed by atoms with Crippen molar-refractivity contribution in [3.63, 3.8) is 0 Å². The third-order valence-electron chi connectivity index (χ3n) is 2.17. The van der Waals surface area contributed by atoms with Crippen molar-refractivity contribution in [1.29, 1.82) is 0 Å². The van der Waals surface area contributed by atoms with Gasteiger partial charge in [0.25, 0.3) is 0 Å². The summed E-state index contributed by atoms with van der Waals surface area (Å²) in [4.78, 5) is 10.6. The lowest BCUT2D eigenvalue weighted by atomic mass is 9.89. The molecule has 0 unspecified atom stereocenters. The van der Waals surface area contributed by atoms with Gasteiger partial charge in [-0.1, -0.05) is 12.2 Å². The van der Waals surface area contributed by atoms with Gasteiger partial charge in [0.1, 0.15) is 6.29 Å². The summed E-state index contributed by atoms with van der Waals surface area (Å²) in [7, 11) is 0. The van der Waals surface area contributed by atoms with Crippen LogP contribution in [0.2, 0.25) is 0 Å². The number of carbonyl (C=O) groups excluding carboxylic acids is 1. The Balaban J connectivity index is 2.90. The lowest BCUT2D eigenvalue weighted by molar-refractivity contribution is -0.105. The van der Waals surface area contributed by atoms with Gasteiger partial charge in [0.15, 0.2) is 0 Å². The standard InChI is InChI=1S/C10H14O/c1-8(2)10-6-4-3-5-9(10)7-11/h7H,1,3-6H2,2H3. The molecule has 0 radical (unpaired) electrons. The number of carbonyl (C=O) groups is 1. The number of rotatable bonds is 2. The van der Waals surface area contributed by atoms with Gasteiger partial charge in [-0.25, -0.2) is 0 Å². The second kappa shape index (κ2) is 3.51. The molecule has 0 aliphatic heterocycles. The van der Waals surface area contributed by atoms with E-state index in [9.17, 15) is 4.79 Å². The molecule has 0 heterocycles. The minimum Gasteiger partial charge on any atom is -0.298 e. The van der Waals surface area contributed by atoms with Crippen molar-refractivity contribution in [1.82, 2.24) is 0 Å². The van der Waals surface area contributed by atoms with Crippen LogP contribution in [0.3, 0.4) is 0 Å². The Kier molecular flexibility index (Phi) is 2.64. The summed E-state index contributed by atoms with van der Waals surface area (Å²) in [5, 5.41) is 0. The zero-order valence-electron chi connectivity index (χ0n) is 7.02. The molecule has 0 saturated carbocycles. The van der Waals surface area contributed by atoms with E-state index in [0.717, 1.165) is 36.7 Å². The lowest BCUT2D eigenvalue weighted by Gasteiger charge is -2.16. The normalized spacial score (nSPS) is 18.3. The molecule has 0 bridgehead atoms. The van der Waals surface area contributed by atoms with Crippen LogP contribution in [0.15, 0.2) is 23.3 Å². The van der Waals surface area contributed by atoms with E-state index < -0.39 is 0 Å². The van der Waals surface area contributed by atoms with Gasteiger partial charge in [-0.15, -0.1) is 0 Å². The van der Waals surface area contributed by atoms with Crippen molar-refractivity contribution >= 4 is 6.29 Å². The first-order chi connectivity index (χ1) is 5.25. The molecule has 60 valence electrons. The van der Waals surface area contributed by atoms with Crippen LogP contribution >= 0.6 is 0 Å². The van der Waals surface area contributed by atoms with Crippen molar-refractivity contribution in [2.24, 2.45) is 0 Å². The third-order valence-corrected chi connectivity index (χ3v) is 2.17. The van der Waals surface area contributed by atoms with Crippen molar-refractivity contribution in [2.45, 2.75) is 32.6 Å². The molecule has 1 rings (SSSR count). The first-order valence-electron chi connectivity index (χ1n) is 4.09. The zero-order chi connectivity index (χ0) is 8.27. The summed E-state index contributed by atoms with van der Waals surface area (Å²) in [6, 6.07) is 0. The molecule has 0 aromatic carbocycles. The van der Waals surface area contributed by atoms with Gasteiger partial charge in [0, 0.05) is 0 Å². The Labute approximate surface area is 67.8 Å². The Morgan fingerprint density at radius 3 is 2.55 bits per heavy atom. The van der Waals surface area contributed by atoms with Gasteiger partial charge in [-0.3, -0.25) is 4.79 Å². The van der Waals surface area contributed by atoms with E-state index in [1.165, 1.54) is 12.0 Å². The Morgan fingerprint density at radius 1 is 1.45 bits per heavy atom. The van der Waals surface area contributed by atoms with Crippen LogP contribution in [0.4, 0.5) is 0 Å². The summed E-state index contributed by atoms with van der Waals surface area (Å²) in [6.45, 7) is 5.84. The van der Waals surface area contributed by atoms with Crippen molar-refractivity contribution in [3.8, 4) is 0 Å². The van der Waals surface area contributed by atoms with Crippen LogP contribution in [-0.2, 0) is 4.79 Å². The van der Waals surface area contributed by atoms with Gasteiger partial charge in [0.05, 0.1) is 0 Å². The smallest absolute Gasteiger partial charge is 0.146 e. The molecular weight excluding hydrogens is 136 g/mol. The third kappa shape index (κ3) is 1.79. The van der Waals surface area contributed by atoms with E-state index in [2.05, 4.69) is 6.58 Å². The van der Waals surface area contributed by atoms with Crippen LogP contribution in [0.5, 0.6) is 0 Å². The predicted molar refractivity (Wildman–Crippen MR) is 46.4 cm³/mol. The lowest BCUT2D eigenvalue weighted by Crippen LogP contribution is -2.01. The Morgan fingerprint density at radius 2 is 2.09 bits per heavy atom. The predicted octanol–water partition coefficient (Wildman–Crippen LogP) is 2.63. The first-order valence-corrected chi connectivity index (χ1v) is 4.09. The minimum atomic E-state index is 0.950. The summed E-state index contributed by atoms with van der Waals surface area (Å²) in [6.07, 6.45) is 5.35. The Hall–Kier alpha value is -0.850. The molecular formula is C10H14O. The van der Waals surface area contributed by atoms with E-state index >= 15 is 0 Å². The molecule has 1 heteroatoms. The maximum Gasteiger partial charge on any atom is 0.146 e. The van der Waals surface area contributed by atoms with Crippen LogP contribution in [-0.4, -0.2) is 6.29 Å². The number of hydrogen-bond acceptors (Lipinski definition) is 1. The fraction of sp³-hybridized carbons (Fsp3) is 0.500. The molecule has 0 fully saturated rings. The quantitative estimate of drug-likeness (QED) is 0.553. The second-order valence-corrected chi connectivity index (χ2v) is 3.11. The van der Waals surface area contributed by atoms with E-state index in [0.29, 0.717) is 0 Å². The molecule has 0 N–H and O–H groups in total. The molecule has 0 aromatic heterocycles. The molecule has 0 spiro atoms. The molecule has 1 aliphatic rings. The van der Waals surface area contributed by atoms with Gasteiger partial charge >= 0.3 is 0 Å². The highest BCUT2D eigenvalue weighted by molar-refractivity contribution is 5.76. The topological polar surface area (TPSA) is 17.1 Å². The van der Waals surface area contributed by atoms with Crippen LogP contribution in [0, 0.1) is 0 Å². The SMILES string of the molecule is C=C(C)C1=C(C=O)CCCC1. The van der Waals surface area contributed by atoms with Crippen molar-refractivity contribution in [2.75, 3.05) is 0 Å². The van der Waals surface area contributed by atoms with Crippen LogP contribution in [0.1, 0.15) is 32.6 Å². The highest BCUT2D eigenvalue weighted by Crippen LogP contribution is 2.27. The van der Waals surface area contributed by atoms with Gasteiger partial charge in [-0.05, 0) is 43.8 Å². The molecule has 0 saturated heterocycles. The average Bonchev–Trinajstić information content (AvgIpc) is 2.04. The maximum atomic E-state index is 10.6. The largest absolute Gasteiger partial charge is 0.298 e. The van der Waals surface area contributed by atoms with E-state index in [1.54, 1.807) is 0 Å². The summed E-state index contributed by atoms with van der Waals surface area (Å²) in [5.74, 6) is 0. The van der Waals surface area contributed by atoms with Crippen molar-refractivity contribution in [3.05, 3.63) is 23.3 Å². The first kappa shape index (κ1) is 8.25. The maximum absolute atomic E-state index is 10.6. The average molecular weight is 150 g/mol. The second-order valence-electron chi connectivity index (χ2n) is 3.11. The molecule has 0 atom stereocenters. The van der Waals surface area contributed by atoms with Crippen LogP contribution < -0.4 is 0 Å². The molecule has 11 heavy (non-hydrogen) atoms. The number of aldehydes is 1. The molecule has 0 aromatic rings. The molecule has 0 amide bonds. The monoisotopic (exact) mass is 150 g/mol. The zero-order valence-corrected chi connectivity index (χ0v) is 7.02. The van der Waals surface area contributed by atoms with Gasteiger partial charge in [-0.2, -0.15) is 0 Å². The number of hydrogen-bond donors (Lipinski definition) is 0. The highest BCUT2D eigenvalue weighted by Gasteiger charge is 2.11. The van der Waals surface area contributed by atoms with Gasteiger partial charge in [0.2, 0.25) is 0 Å². The van der Waals surface area contributed by atoms with Crippen molar-refractivity contribution < 1.29 is 4.79 Å². The minimum absolute atomic E-state index is 0.950.